The van der Waals surface area contributed by atoms with E-state index in [0.29, 0.717) is 25.8 Å². The number of carbonyl (C=O) groups is 4. The molecule has 0 radical (unpaired) electrons. The van der Waals surface area contributed by atoms with Gasteiger partial charge >= 0.3 is 5.97 Å². The van der Waals surface area contributed by atoms with Crippen molar-refractivity contribution in [2.75, 3.05) is 6.54 Å². The van der Waals surface area contributed by atoms with Crippen LogP contribution in [0.3, 0.4) is 0 Å². The molecule has 0 aromatic heterocycles. The van der Waals surface area contributed by atoms with Gasteiger partial charge in [-0.3, -0.25) is 19.2 Å². The quantitative estimate of drug-likeness (QED) is 0.371. The molecule has 3 amide bonds. The SMILES string of the molecule is CC(NC(=O)C(NC(=O)CCCCCN1C(=O)C=CC1O)C(C)C)C(=O)O. The summed E-state index contributed by atoms with van der Waals surface area (Å²) in [6.07, 6.45) is 4.04. The number of hydrogen-bond acceptors (Lipinski definition) is 5. The first-order chi connectivity index (χ1) is 12.6. The zero-order valence-electron chi connectivity index (χ0n) is 16.0. The zero-order valence-corrected chi connectivity index (χ0v) is 16.0. The van der Waals surface area contributed by atoms with E-state index in [0.717, 1.165) is 0 Å². The smallest absolute Gasteiger partial charge is 0.325 e. The third kappa shape index (κ3) is 7.38. The summed E-state index contributed by atoms with van der Waals surface area (Å²) >= 11 is 0. The maximum absolute atomic E-state index is 12.2. The molecule has 152 valence electrons. The molecule has 0 aliphatic carbocycles. The van der Waals surface area contributed by atoms with Gasteiger partial charge in [0.25, 0.3) is 0 Å². The minimum absolute atomic E-state index is 0.190. The second-order valence-electron chi connectivity index (χ2n) is 6.97. The number of aliphatic hydroxyl groups excluding tert-OH is 1. The summed E-state index contributed by atoms with van der Waals surface area (Å²) in [6.45, 7) is 5.31. The van der Waals surface area contributed by atoms with Crippen LogP contribution in [0.1, 0.15) is 46.5 Å². The van der Waals surface area contributed by atoms with Crippen LogP contribution in [0.4, 0.5) is 0 Å². The number of hydrogen-bond donors (Lipinski definition) is 4. The molecule has 0 aromatic carbocycles. The first kappa shape index (κ1) is 22.6. The molecular weight excluding hydrogens is 354 g/mol. The molecule has 27 heavy (non-hydrogen) atoms. The Morgan fingerprint density at radius 2 is 1.81 bits per heavy atom. The third-order valence-electron chi connectivity index (χ3n) is 4.31. The summed E-state index contributed by atoms with van der Waals surface area (Å²) in [5, 5.41) is 23.5. The normalized spacial score (nSPS) is 18.5. The number of aliphatic carboxylic acids is 1. The lowest BCUT2D eigenvalue weighted by molar-refractivity contribution is -0.142. The van der Waals surface area contributed by atoms with Gasteiger partial charge in [-0.15, -0.1) is 0 Å². The summed E-state index contributed by atoms with van der Waals surface area (Å²) in [7, 11) is 0. The van der Waals surface area contributed by atoms with Gasteiger partial charge in [0, 0.05) is 19.0 Å². The Balaban J connectivity index is 2.32. The minimum atomic E-state index is -1.14. The number of nitrogens with zero attached hydrogens (tertiary/aromatic N) is 1. The van der Waals surface area contributed by atoms with E-state index in [2.05, 4.69) is 10.6 Å². The lowest BCUT2D eigenvalue weighted by Gasteiger charge is -2.23. The highest BCUT2D eigenvalue weighted by Gasteiger charge is 2.26. The number of carbonyl (C=O) groups excluding carboxylic acids is 3. The Hall–Kier alpha value is -2.42. The van der Waals surface area contributed by atoms with Crippen LogP contribution in [-0.2, 0) is 19.2 Å². The predicted molar refractivity (Wildman–Crippen MR) is 97.3 cm³/mol. The standard InChI is InChI=1S/C18H29N3O6/c1-11(2)16(17(25)19-12(3)18(26)27)20-13(22)7-5-4-6-10-21-14(23)8-9-15(21)24/h8-9,11-12,14,16,23H,4-7,10H2,1-3H3,(H,19,25)(H,20,22)(H,26,27). The fourth-order valence-electron chi connectivity index (χ4n) is 2.63. The molecule has 0 spiro atoms. The van der Waals surface area contributed by atoms with Crippen LogP contribution in [0.15, 0.2) is 12.2 Å². The zero-order chi connectivity index (χ0) is 20.6. The number of unbranched alkanes of at least 4 members (excludes halogenated alkanes) is 2. The van der Waals surface area contributed by atoms with Crippen molar-refractivity contribution in [3.05, 3.63) is 12.2 Å². The third-order valence-corrected chi connectivity index (χ3v) is 4.31. The maximum Gasteiger partial charge on any atom is 0.325 e. The van der Waals surface area contributed by atoms with E-state index in [1.165, 1.54) is 24.0 Å². The molecular formula is C18H29N3O6. The number of amides is 3. The van der Waals surface area contributed by atoms with Gasteiger partial charge in [0.05, 0.1) is 0 Å². The maximum atomic E-state index is 12.2. The summed E-state index contributed by atoms with van der Waals surface area (Å²) < 4.78 is 0. The number of carboxylic acid groups (broad SMARTS) is 1. The number of carboxylic acids is 1. The lowest BCUT2D eigenvalue weighted by Crippen LogP contribution is -2.53. The molecule has 0 saturated heterocycles. The second-order valence-corrected chi connectivity index (χ2v) is 6.97. The van der Waals surface area contributed by atoms with Crippen molar-refractivity contribution in [3.8, 4) is 0 Å². The van der Waals surface area contributed by atoms with Crippen molar-refractivity contribution in [2.45, 2.75) is 64.8 Å². The molecule has 0 aromatic rings. The fourth-order valence-corrected chi connectivity index (χ4v) is 2.63. The van der Waals surface area contributed by atoms with Crippen molar-refractivity contribution in [1.82, 2.24) is 15.5 Å². The first-order valence-corrected chi connectivity index (χ1v) is 9.13. The number of nitrogens with one attached hydrogen (secondary N) is 2. The van der Waals surface area contributed by atoms with Crippen LogP contribution >= 0.6 is 0 Å². The van der Waals surface area contributed by atoms with E-state index in [1.807, 2.05) is 0 Å². The van der Waals surface area contributed by atoms with E-state index in [9.17, 15) is 24.3 Å². The Morgan fingerprint density at radius 3 is 2.33 bits per heavy atom. The van der Waals surface area contributed by atoms with Crippen LogP contribution < -0.4 is 10.6 Å². The summed E-state index contributed by atoms with van der Waals surface area (Å²) in [6, 6.07) is -1.84. The van der Waals surface area contributed by atoms with Crippen molar-refractivity contribution in [2.24, 2.45) is 5.92 Å². The van der Waals surface area contributed by atoms with Crippen molar-refractivity contribution in [3.63, 3.8) is 0 Å². The van der Waals surface area contributed by atoms with Crippen LogP contribution in [0, 0.1) is 5.92 Å². The number of rotatable bonds is 11. The Bertz CT molecular complexity index is 590. The van der Waals surface area contributed by atoms with E-state index < -0.39 is 30.2 Å². The molecule has 0 bridgehead atoms. The highest BCUT2D eigenvalue weighted by Crippen LogP contribution is 2.11. The minimum Gasteiger partial charge on any atom is -0.480 e. The average Bonchev–Trinajstić information content (AvgIpc) is 2.90. The first-order valence-electron chi connectivity index (χ1n) is 9.13. The molecule has 3 unspecified atom stereocenters. The summed E-state index contributed by atoms with van der Waals surface area (Å²) in [5.74, 6) is -2.37. The van der Waals surface area contributed by atoms with E-state index in [1.54, 1.807) is 13.8 Å². The highest BCUT2D eigenvalue weighted by molar-refractivity contribution is 5.91. The Morgan fingerprint density at radius 1 is 1.15 bits per heavy atom. The van der Waals surface area contributed by atoms with Crippen LogP contribution in [0.2, 0.25) is 0 Å². The van der Waals surface area contributed by atoms with Gasteiger partial charge in [0.15, 0.2) is 0 Å². The summed E-state index contributed by atoms with van der Waals surface area (Å²) in [4.78, 5) is 47.9. The largest absolute Gasteiger partial charge is 0.480 e. The highest BCUT2D eigenvalue weighted by atomic mass is 16.4. The van der Waals surface area contributed by atoms with Gasteiger partial charge in [-0.25, -0.2) is 0 Å². The molecule has 1 aliphatic rings. The Kier molecular flexibility index (Phi) is 8.93. The molecule has 3 atom stereocenters. The topological polar surface area (TPSA) is 136 Å². The van der Waals surface area contributed by atoms with Gasteiger partial charge in [-0.2, -0.15) is 0 Å². The molecule has 9 nitrogen and oxygen atoms in total. The van der Waals surface area contributed by atoms with Crippen LogP contribution in [0.25, 0.3) is 0 Å². The molecule has 1 rings (SSSR count). The van der Waals surface area contributed by atoms with Gasteiger partial charge in [-0.1, -0.05) is 20.3 Å². The Labute approximate surface area is 158 Å². The van der Waals surface area contributed by atoms with Gasteiger partial charge in [0.2, 0.25) is 17.7 Å². The van der Waals surface area contributed by atoms with Crippen molar-refractivity contribution < 1.29 is 29.4 Å². The van der Waals surface area contributed by atoms with E-state index in [-0.39, 0.29) is 24.2 Å². The van der Waals surface area contributed by atoms with Crippen molar-refractivity contribution >= 4 is 23.7 Å². The molecule has 0 saturated carbocycles. The van der Waals surface area contributed by atoms with Gasteiger partial charge in [0.1, 0.15) is 18.3 Å². The summed E-state index contributed by atoms with van der Waals surface area (Å²) in [5.41, 5.74) is 0. The monoisotopic (exact) mass is 383 g/mol. The average molecular weight is 383 g/mol. The van der Waals surface area contributed by atoms with Crippen LogP contribution in [0.5, 0.6) is 0 Å². The lowest BCUT2D eigenvalue weighted by atomic mass is 10.0. The van der Waals surface area contributed by atoms with Gasteiger partial charge in [-0.05, 0) is 31.8 Å². The molecule has 0 fully saturated rings. The van der Waals surface area contributed by atoms with E-state index >= 15 is 0 Å². The number of aliphatic hydroxyl groups is 1. The molecule has 9 heteroatoms. The van der Waals surface area contributed by atoms with Crippen LogP contribution in [-0.4, -0.2) is 63.7 Å². The van der Waals surface area contributed by atoms with Crippen molar-refractivity contribution in [1.29, 1.82) is 0 Å². The van der Waals surface area contributed by atoms with E-state index in [4.69, 9.17) is 5.11 Å². The molecule has 1 heterocycles. The fraction of sp³-hybridized carbons (Fsp3) is 0.667. The van der Waals surface area contributed by atoms with Gasteiger partial charge < -0.3 is 25.7 Å². The predicted octanol–water partition coefficient (Wildman–Crippen LogP) is -0.00630. The second kappa shape index (κ2) is 10.7. The molecule has 1 aliphatic heterocycles. The molecule has 4 N–H and O–H groups in total.